The number of morpholine rings is 1. The Balaban J connectivity index is 1.92. The zero-order valence-electron chi connectivity index (χ0n) is 12.8. The molecule has 110 valence electrons. The molecule has 1 saturated heterocycles. The molecule has 4 nitrogen and oxygen atoms in total. The maximum Gasteiger partial charge on any atom is 0.238 e. The Kier molecular flexibility index (Phi) is 4.78. The van der Waals surface area contributed by atoms with E-state index in [-0.39, 0.29) is 18.1 Å². The Bertz CT molecular complexity index is 457. The van der Waals surface area contributed by atoms with Gasteiger partial charge in [0.05, 0.1) is 18.8 Å². The lowest BCUT2D eigenvalue weighted by Crippen LogP contribution is -2.48. The highest BCUT2D eigenvalue weighted by Gasteiger charge is 2.23. The van der Waals surface area contributed by atoms with Crippen molar-refractivity contribution in [2.24, 2.45) is 0 Å². The summed E-state index contributed by atoms with van der Waals surface area (Å²) in [7, 11) is 0. The normalized spacial score (nSPS) is 23.6. The monoisotopic (exact) mass is 276 g/mol. The maximum absolute atomic E-state index is 12.1. The lowest BCUT2D eigenvalue weighted by Gasteiger charge is -2.34. The maximum atomic E-state index is 12.1. The van der Waals surface area contributed by atoms with E-state index in [2.05, 4.69) is 16.3 Å². The Morgan fingerprint density at radius 2 is 1.75 bits per heavy atom. The van der Waals surface area contributed by atoms with E-state index in [9.17, 15) is 4.79 Å². The van der Waals surface area contributed by atoms with Crippen LogP contribution in [-0.4, -0.2) is 42.6 Å². The van der Waals surface area contributed by atoms with Crippen LogP contribution in [0.5, 0.6) is 0 Å². The van der Waals surface area contributed by atoms with Crippen molar-refractivity contribution in [3.05, 3.63) is 29.3 Å². The molecular formula is C16H24N2O2. The molecule has 1 N–H and O–H groups in total. The average Bonchev–Trinajstić information content (AvgIpc) is 2.24. The highest BCUT2D eigenvalue weighted by atomic mass is 16.5. The third-order valence-electron chi connectivity index (χ3n) is 3.37. The van der Waals surface area contributed by atoms with Crippen molar-refractivity contribution in [1.29, 1.82) is 0 Å². The van der Waals surface area contributed by atoms with Crippen LogP contribution in [-0.2, 0) is 9.53 Å². The summed E-state index contributed by atoms with van der Waals surface area (Å²) in [5.74, 6) is 0.0382. The van der Waals surface area contributed by atoms with Crippen LogP contribution in [0.15, 0.2) is 18.2 Å². The van der Waals surface area contributed by atoms with Gasteiger partial charge in [-0.1, -0.05) is 6.07 Å². The molecule has 0 bridgehead atoms. The van der Waals surface area contributed by atoms with E-state index in [4.69, 9.17) is 4.74 Å². The summed E-state index contributed by atoms with van der Waals surface area (Å²) in [4.78, 5) is 14.3. The van der Waals surface area contributed by atoms with Crippen LogP contribution in [0.25, 0.3) is 0 Å². The van der Waals surface area contributed by atoms with Gasteiger partial charge in [0.1, 0.15) is 0 Å². The third-order valence-corrected chi connectivity index (χ3v) is 3.37. The first-order chi connectivity index (χ1) is 9.42. The van der Waals surface area contributed by atoms with Crippen LogP contribution in [0, 0.1) is 13.8 Å². The Labute approximate surface area is 121 Å². The second-order valence-corrected chi connectivity index (χ2v) is 5.88. The van der Waals surface area contributed by atoms with Gasteiger partial charge < -0.3 is 10.1 Å². The molecule has 20 heavy (non-hydrogen) atoms. The Morgan fingerprint density at radius 1 is 1.20 bits per heavy atom. The van der Waals surface area contributed by atoms with E-state index >= 15 is 0 Å². The molecule has 1 fully saturated rings. The fourth-order valence-corrected chi connectivity index (χ4v) is 2.86. The largest absolute Gasteiger partial charge is 0.373 e. The number of carbonyl (C=O) groups is 1. The van der Waals surface area contributed by atoms with Crippen LogP contribution in [0.3, 0.4) is 0 Å². The highest BCUT2D eigenvalue weighted by Crippen LogP contribution is 2.14. The molecule has 2 atom stereocenters. The van der Waals surface area contributed by atoms with Gasteiger partial charge in [0, 0.05) is 18.8 Å². The van der Waals surface area contributed by atoms with Crippen molar-refractivity contribution in [3.8, 4) is 0 Å². The van der Waals surface area contributed by atoms with Crippen molar-refractivity contribution < 1.29 is 9.53 Å². The van der Waals surface area contributed by atoms with Crippen LogP contribution in [0.2, 0.25) is 0 Å². The topological polar surface area (TPSA) is 41.6 Å². The summed E-state index contributed by atoms with van der Waals surface area (Å²) in [6, 6.07) is 6.09. The van der Waals surface area contributed by atoms with Crippen molar-refractivity contribution >= 4 is 11.6 Å². The van der Waals surface area contributed by atoms with Gasteiger partial charge in [-0.3, -0.25) is 9.69 Å². The SMILES string of the molecule is Cc1cc(C)cc(NC(=O)CN2C[C@H](C)O[C@@H](C)C2)c1. The summed E-state index contributed by atoms with van der Waals surface area (Å²) in [5, 5.41) is 2.98. The van der Waals surface area contributed by atoms with Gasteiger partial charge in [0.2, 0.25) is 5.91 Å². The van der Waals surface area contributed by atoms with Crippen molar-refractivity contribution in [3.63, 3.8) is 0 Å². The second kappa shape index (κ2) is 6.37. The summed E-state index contributed by atoms with van der Waals surface area (Å²) in [6.45, 7) is 10.2. The molecule has 1 aliphatic rings. The molecule has 1 aliphatic heterocycles. The molecule has 0 aliphatic carbocycles. The number of amides is 1. The summed E-state index contributed by atoms with van der Waals surface area (Å²) < 4.78 is 5.67. The Morgan fingerprint density at radius 3 is 2.30 bits per heavy atom. The smallest absolute Gasteiger partial charge is 0.238 e. The zero-order chi connectivity index (χ0) is 14.7. The fraction of sp³-hybridized carbons (Fsp3) is 0.562. The second-order valence-electron chi connectivity index (χ2n) is 5.88. The minimum absolute atomic E-state index is 0.0382. The lowest BCUT2D eigenvalue weighted by atomic mass is 10.1. The molecular weight excluding hydrogens is 252 g/mol. The van der Waals surface area contributed by atoms with E-state index in [1.165, 1.54) is 0 Å². The molecule has 2 rings (SSSR count). The molecule has 1 aromatic carbocycles. The van der Waals surface area contributed by atoms with Crippen molar-refractivity contribution in [2.75, 3.05) is 25.0 Å². The van der Waals surface area contributed by atoms with Gasteiger partial charge in [-0.25, -0.2) is 0 Å². The van der Waals surface area contributed by atoms with Gasteiger partial charge in [0.25, 0.3) is 0 Å². The average molecular weight is 276 g/mol. The van der Waals surface area contributed by atoms with Crippen LogP contribution in [0.4, 0.5) is 5.69 Å². The summed E-state index contributed by atoms with van der Waals surface area (Å²) >= 11 is 0. The number of hydrogen-bond acceptors (Lipinski definition) is 3. The number of aryl methyl sites for hydroxylation is 2. The van der Waals surface area contributed by atoms with Gasteiger partial charge in [0.15, 0.2) is 0 Å². The molecule has 1 heterocycles. The molecule has 1 aromatic rings. The first kappa shape index (κ1) is 15.0. The third kappa shape index (κ3) is 4.32. The molecule has 0 saturated carbocycles. The minimum Gasteiger partial charge on any atom is -0.373 e. The predicted octanol–water partition coefficient (Wildman–Crippen LogP) is 2.35. The van der Waals surface area contributed by atoms with Crippen LogP contribution >= 0.6 is 0 Å². The van der Waals surface area contributed by atoms with Crippen molar-refractivity contribution in [1.82, 2.24) is 4.90 Å². The predicted molar refractivity (Wildman–Crippen MR) is 81.0 cm³/mol. The number of rotatable bonds is 3. The number of benzene rings is 1. The number of carbonyl (C=O) groups excluding carboxylic acids is 1. The van der Waals surface area contributed by atoms with Gasteiger partial charge >= 0.3 is 0 Å². The summed E-state index contributed by atoms with van der Waals surface area (Å²) in [5.41, 5.74) is 3.20. The molecule has 0 unspecified atom stereocenters. The summed E-state index contributed by atoms with van der Waals surface area (Å²) in [6.07, 6.45) is 0.375. The molecule has 4 heteroatoms. The zero-order valence-corrected chi connectivity index (χ0v) is 12.8. The first-order valence-corrected chi connectivity index (χ1v) is 7.18. The quantitative estimate of drug-likeness (QED) is 0.921. The number of ether oxygens (including phenoxy) is 1. The number of anilines is 1. The van der Waals surface area contributed by atoms with E-state index in [1.54, 1.807) is 0 Å². The lowest BCUT2D eigenvalue weighted by molar-refractivity contribution is -0.121. The first-order valence-electron chi connectivity index (χ1n) is 7.18. The minimum atomic E-state index is 0.0382. The fourth-order valence-electron chi connectivity index (χ4n) is 2.86. The van der Waals surface area contributed by atoms with E-state index < -0.39 is 0 Å². The van der Waals surface area contributed by atoms with E-state index in [0.29, 0.717) is 6.54 Å². The number of nitrogens with zero attached hydrogens (tertiary/aromatic N) is 1. The van der Waals surface area contributed by atoms with E-state index in [0.717, 1.165) is 29.9 Å². The molecule has 0 spiro atoms. The van der Waals surface area contributed by atoms with Crippen LogP contribution < -0.4 is 5.32 Å². The van der Waals surface area contributed by atoms with E-state index in [1.807, 2.05) is 39.8 Å². The highest BCUT2D eigenvalue weighted by molar-refractivity contribution is 5.92. The number of nitrogens with one attached hydrogen (secondary N) is 1. The molecule has 0 radical (unpaired) electrons. The molecule has 1 amide bonds. The van der Waals surface area contributed by atoms with Gasteiger partial charge in [-0.15, -0.1) is 0 Å². The standard InChI is InChI=1S/C16H24N2O2/c1-11-5-12(2)7-15(6-11)17-16(19)10-18-8-13(3)20-14(4)9-18/h5-7,13-14H,8-10H2,1-4H3,(H,17,19)/t13-,14-/m0/s1. The molecule has 0 aromatic heterocycles. The van der Waals surface area contributed by atoms with Gasteiger partial charge in [-0.2, -0.15) is 0 Å². The van der Waals surface area contributed by atoms with Crippen LogP contribution in [0.1, 0.15) is 25.0 Å². The van der Waals surface area contributed by atoms with Crippen molar-refractivity contribution in [2.45, 2.75) is 39.9 Å². The number of hydrogen-bond donors (Lipinski definition) is 1. The van der Waals surface area contributed by atoms with Gasteiger partial charge in [-0.05, 0) is 51.0 Å². The Hall–Kier alpha value is -1.39.